The molecular formula is C16H21F3N4O3. The second kappa shape index (κ2) is 6.90. The van der Waals surface area contributed by atoms with Gasteiger partial charge in [0.15, 0.2) is 5.69 Å². The van der Waals surface area contributed by atoms with Crippen LogP contribution in [0, 0.1) is 5.92 Å². The molecule has 3 aliphatic rings. The number of methoxy groups -OCH3 is 1. The highest BCUT2D eigenvalue weighted by Gasteiger charge is 2.43. The van der Waals surface area contributed by atoms with Crippen molar-refractivity contribution in [2.45, 2.75) is 25.1 Å². The number of carbonyl (C=O) groups excluding carboxylic acids is 2. The summed E-state index contributed by atoms with van der Waals surface area (Å²) in [5.74, 6) is -0.881. The maximum absolute atomic E-state index is 12.8. The maximum Gasteiger partial charge on any atom is 0.435 e. The fourth-order valence-corrected chi connectivity index (χ4v) is 3.66. The number of aryl methyl sites for hydroxylation is 1. The zero-order valence-electron chi connectivity index (χ0n) is 14.6. The molecule has 1 aromatic rings. The largest absolute Gasteiger partial charge is 0.435 e. The van der Waals surface area contributed by atoms with Crippen molar-refractivity contribution in [3.8, 4) is 0 Å². The number of fused-ring (bicyclic) bond motifs is 4. The molecule has 0 unspecified atom stereocenters. The van der Waals surface area contributed by atoms with Crippen molar-refractivity contribution in [3.05, 3.63) is 17.5 Å². The van der Waals surface area contributed by atoms with Crippen LogP contribution < -0.4 is 0 Å². The van der Waals surface area contributed by atoms with Gasteiger partial charge in [-0.2, -0.15) is 18.3 Å². The van der Waals surface area contributed by atoms with E-state index < -0.39 is 17.8 Å². The Bertz CT molecular complexity index is 703. The molecule has 0 aliphatic carbocycles. The third kappa shape index (κ3) is 3.42. The van der Waals surface area contributed by atoms with Crippen LogP contribution in [0.3, 0.4) is 0 Å². The summed E-state index contributed by atoms with van der Waals surface area (Å²) >= 11 is 0. The van der Waals surface area contributed by atoms with Gasteiger partial charge in [-0.1, -0.05) is 0 Å². The molecule has 0 aromatic carbocycles. The predicted molar refractivity (Wildman–Crippen MR) is 84.2 cm³/mol. The third-order valence-corrected chi connectivity index (χ3v) is 5.01. The van der Waals surface area contributed by atoms with Crippen LogP contribution in [0.25, 0.3) is 0 Å². The topological polar surface area (TPSA) is 67.7 Å². The zero-order chi connectivity index (χ0) is 19.1. The summed E-state index contributed by atoms with van der Waals surface area (Å²) in [6.45, 7) is 1.36. The Balaban J connectivity index is 1.81. The van der Waals surface area contributed by atoms with E-state index in [4.69, 9.17) is 4.74 Å². The van der Waals surface area contributed by atoms with Crippen LogP contribution in [0.15, 0.2) is 6.07 Å². The number of halogens is 3. The Morgan fingerprint density at radius 3 is 2.69 bits per heavy atom. The minimum atomic E-state index is -4.61. The quantitative estimate of drug-likeness (QED) is 0.793. The van der Waals surface area contributed by atoms with Crippen molar-refractivity contribution in [2.75, 3.05) is 33.4 Å². The molecule has 1 aromatic heterocycles. The molecule has 26 heavy (non-hydrogen) atoms. The lowest BCUT2D eigenvalue weighted by Crippen LogP contribution is -2.49. The number of rotatable bonds is 4. The van der Waals surface area contributed by atoms with Crippen LogP contribution in [0.5, 0.6) is 0 Å². The number of piperidine rings is 1. The molecule has 3 fully saturated rings. The fraction of sp³-hybridized carbons (Fsp3) is 0.688. The van der Waals surface area contributed by atoms with Crippen LogP contribution in [0.2, 0.25) is 0 Å². The van der Waals surface area contributed by atoms with Gasteiger partial charge in [-0.05, 0) is 12.8 Å². The average Bonchev–Trinajstić information content (AvgIpc) is 2.77. The average molecular weight is 374 g/mol. The van der Waals surface area contributed by atoms with Gasteiger partial charge in [0.1, 0.15) is 5.69 Å². The molecule has 2 bridgehead atoms. The molecule has 0 saturated carbocycles. The number of alkyl halides is 3. The van der Waals surface area contributed by atoms with Gasteiger partial charge in [0.25, 0.3) is 5.91 Å². The van der Waals surface area contributed by atoms with Crippen molar-refractivity contribution in [1.29, 1.82) is 0 Å². The SMILES string of the molecule is COCCN1C(=O)[C@H]2CC[C@@H]1CN(C(=O)c1cc(C(F)(F)F)nn1C)C2. The van der Waals surface area contributed by atoms with Crippen molar-refractivity contribution in [2.24, 2.45) is 13.0 Å². The van der Waals surface area contributed by atoms with Gasteiger partial charge < -0.3 is 14.5 Å². The van der Waals surface area contributed by atoms with Gasteiger partial charge in [0.05, 0.1) is 12.5 Å². The zero-order valence-corrected chi connectivity index (χ0v) is 14.6. The van der Waals surface area contributed by atoms with Crippen LogP contribution in [0.4, 0.5) is 13.2 Å². The number of carbonyl (C=O) groups is 2. The Kier molecular flexibility index (Phi) is 4.96. The predicted octanol–water partition coefficient (Wildman–Crippen LogP) is 1.15. The normalized spacial score (nSPS) is 23.5. The first-order valence-corrected chi connectivity index (χ1v) is 8.42. The first-order chi connectivity index (χ1) is 12.2. The summed E-state index contributed by atoms with van der Waals surface area (Å²) in [5, 5.41) is 3.40. The van der Waals surface area contributed by atoms with E-state index in [0.717, 1.165) is 17.2 Å². The van der Waals surface area contributed by atoms with Gasteiger partial charge in [-0.3, -0.25) is 14.3 Å². The molecule has 4 rings (SSSR count). The highest BCUT2D eigenvalue weighted by atomic mass is 19.4. The molecular weight excluding hydrogens is 353 g/mol. The molecule has 144 valence electrons. The smallest absolute Gasteiger partial charge is 0.383 e. The van der Waals surface area contributed by atoms with Crippen molar-refractivity contribution >= 4 is 11.8 Å². The van der Waals surface area contributed by atoms with E-state index in [2.05, 4.69) is 5.10 Å². The van der Waals surface area contributed by atoms with Crippen molar-refractivity contribution in [3.63, 3.8) is 0 Å². The summed E-state index contributed by atoms with van der Waals surface area (Å²) < 4.78 is 44.5. The highest BCUT2D eigenvalue weighted by molar-refractivity contribution is 5.93. The lowest BCUT2D eigenvalue weighted by Gasteiger charge is -2.35. The van der Waals surface area contributed by atoms with Gasteiger partial charge >= 0.3 is 6.18 Å². The first-order valence-electron chi connectivity index (χ1n) is 8.42. The lowest BCUT2D eigenvalue weighted by molar-refractivity contribution is -0.141. The highest BCUT2D eigenvalue weighted by Crippen LogP contribution is 2.31. The number of ether oxygens (including phenoxy) is 1. The Hall–Kier alpha value is -2.10. The van der Waals surface area contributed by atoms with Crippen molar-refractivity contribution < 1.29 is 27.5 Å². The van der Waals surface area contributed by atoms with Gasteiger partial charge in [-0.25, -0.2) is 0 Å². The van der Waals surface area contributed by atoms with Crippen molar-refractivity contribution in [1.82, 2.24) is 19.6 Å². The molecule has 3 aliphatic heterocycles. The Labute approximate surface area is 148 Å². The summed E-state index contributed by atoms with van der Waals surface area (Å²) in [4.78, 5) is 28.6. The minimum absolute atomic E-state index is 0.0189. The van der Waals surface area contributed by atoms with Crippen LogP contribution in [-0.2, 0) is 22.8 Å². The number of hydrogen-bond donors (Lipinski definition) is 0. The molecule has 2 amide bonds. The van der Waals surface area contributed by atoms with Gasteiger partial charge in [-0.15, -0.1) is 0 Å². The lowest BCUT2D eigenvalue weighted by atomic mass is 9.94. The van der Waals surface area contributed by atoms with E-state index in [1.54, 1.807) is 12.0 Å². The van der Waals surface area contributed by atoms with E-state index in [9.17, 15) is 22.8 Å². The van der Waals surface area contributed by atoms with E-state index in [-0.39, 0.29) is 30.1 Å². The third-order valence-electron chi connectivity index (χ3n) is 5.01. The van der Waals surface area contributed by atoms with E-state index >= 15 is 0 Å². The number of aromatic nitrogens is 2. The van der Waals surface area contributed by atoms with E-state index in [1.165, 1.54) is 11.9 Å². The summed E-state index contributed by atoms with van der Waals surface area (Å²) in [6.07, 6.45) is -3.17. The van der Waals surface area contributed by atoms with Gasteiger partial charge in [0, 0.05) is 45.9 Å². The Morgan fingerprint density at radius 2 is 2.08 bits per heavy atom. The Morgan fingerprint density at radius 1 is 1.35 bits per heavy atom. The monoisotopic (exact) mass is 374 g/mol. The molecule has 10 heteroatoms. The molecule has 2 atom stereocenters. The van der Waals surface area contributed by atoms with E-state index in [1.807, 2.05) is 0 Å². The fourth-order valence-electron chi connectivity index (χ4n) is 3.66. The standard InChI is InChI=1S/C16H21F3N4O3/c1-21-12(7-13(20-21)16(17,18)19)15(25)22-8-10-3-4-11(9-22)23(14(10)24)5-6-26-2/h7,10-11H,3-6,8-9H2,1-2H3/t10-,11+/m0/s1. The molecule has 3 saturated heterocycles. The van der Waals surface area contributed by atoms with Crippen LogP contribution >= 0.6 is 0 Å². The summed E-state index contributed by atoms with van der Waals surface area (Å²) in [5.41, 5.74) is -1.23. The first kappa shape index (κ1) is 18.7. The van der Waals surface area contributed by atoms with Crippen LogP contribution in [0.1, 0.15) is 29.0 Å². The molecule has 0 radical (unpaired) electrons. The second-order valence-electron chi connectivity index (χ2n) is 6.70. The summed E-state index contributed by atoms with van der Waals surface area (Å²) in [7, 11) is 2.86. The van der Waals surface area contributed by atoms with E-state index in [0.29, 0.717) is 26.1 Å². The second-order valence-corrected chi connectivity index (χ2v) is 6.70. The maximum atomic E-state index is 12.8. The molecule has 0 N–H and O–H groups in total. The molecule has 7 nitrogen and oxygen atoms in total. The molecule has 4 heterocycles. The molecule has 0 spiro atoms. The van der Waals surface area contributed by atoms with Crippen LogP contribution in [-0.4, -0.2) is 70.8 Å². The number of nitrogens with zero attached hydrogens (tertiary/aromatic N) is 4. The minimum Gasteiger partial charge on any atom is -0.383 e. The van der Waals surface area contributed by atoms with Gasteiger partial charge in [0.2, 0.25) is 5.91 Å². The number of amides is 2. The number of hydrogen-bond acceptors (Lipinski definition) is 4. The summed E-state index contributed by atoms with van der Waals surface area (Å²) in [6, 6.07) is 0.621.